The summed E-state index contributed by atoms with van der Waals surface area (Å²) < 4.78 is 0. The maximum absolute atomic E-state index is 3.10. The van der Waals surface area contributed by atoms with E-state index in [1.54, 1.807) is 0 Å². The van der Waals surface area contributed by atoms with Gasteiger partial charge in [0.1, 0.15) is 0 Å². The molecule has 0 aliphatic heterocycles. The van der Waals surface area contributed by atoms with Crippen molar-refractivity contribution in [2.75, 3.05) is 0 Å². The Morgan fingerprint density at radius 2 is 1.22 bits per heavy atom. The van der Waals surface area contributed by atoms with Crippen LogP contribution in [0.15, 0.2) is 12.2 Å². The topological polar surface area (TPSA) is 0 Å². The second-order valence-corrected chi connectivity index (χ2v) is 4.53. The minimum absolute atomic E-state index is 0. The molecular weight excluding hydrogens is 319 g/mol. The molecule has 3 aliphatic rings. The van der Waals surface area contributed by atoms with Gasteiger partial charge in [-0.05, 0) is 0 Å². The minimum atomic E-state index is 0. The van der Waals surface area contributed by atoms with E-state index in [2.05, 4.69) is 30.7 Å². The largest absolute Gasteiger partial charge is 4.00 e. The molecule has 2 heteroatoms. The Kier molecular flexibility index (Phi) is 20.6. The van der Waals surface area contributed by atoms with Crippen LogP contribution in [0.25, 0.3) is 0 Å². The molecule has 0 nitrogen and oxygen atoms in total. The van der Waals surface area contributed by atoms with Gasteiger partial charge in [-0.15, -0.1) is 0 Å². The molecule has 0 heterocycles. The summed E-state index contributed by atoms with van der Waals surface area (Å²) in [6, 6.07) is 0. The van der Waals surface area contributed by atoms with Crippen LogP contribution in [-0.4, -0.2) is 0 Å². The van der Waals surface area contributed by atoms with Crippen molar-refractivity contribution in [2.45, 2.75) is 70.6 Å². The van der Waals surface area contributed by atoms with Crippen molar-refractivity contribution in [1.29, 1.82) is 0 Å². The van der Waals surface area contributed by atoms with E-state index in [1.165, 1.54) is 70.6 Å². The van der Waals surface area contributed by atoms with E-state index in [1.807, 2.05) is 0 Å². The van der Waals surface area contributed by atoms with Crippen molar-refractivity contribution in [1.82, 2.24) is 0 Å². The van der Waals surface area contributed by atoms with Crippen molar-refractivity contribution in [3.63, 3.8) is 0 Å². The summed E-state index contributed by atoms with van der Waals surface area (Å²) in [6.07, 6.45) is 27.5. The molecular formula is C16H25ClZr. The molecule has 0 aromatic heterocycles. The second-order valence-electron chi connectivity index (χ2n) is 4.53. The molecule has 0 radical (unpaired) electrons. The van der Waals surface area contributed by atoms with Crippen LogP contribution in [-0.2, 0) is 26.2 Å². The Balaban J connectivity index is 0. The summed E-state index contributed by atoms with van der Waals surface area (Å²) in [6.45, 7) is 0. The Morgan fingerprint density at radius 3 is 1.33 bits per heavy atom. The summed E-state index contributed by atoms with van der Waals surface area (Å²) in [5, 5.41) is 0. The third-order valence-electron chi connectivity index (χ3n) is 2.94. The zero-order valence-electron chi connectivity index (χ0n) is 11.4. The van der Waals surface area contributed by atoms with Gasteiger partial charge in [-0.3, -0.25) is 12.2 Å². The van der Waals surface area contributed by atoms with Gasteiger partial charge in [0.15, 0.2) is 0 Å². The van der Waals surface area contributed by atoms with E-state index in [-0.39, 0.29) is 38.6 Å². The molecule has 100 valence electrons. The number of rotatable bonds is 0. The molecule has 0 N–H and O–H groups in total. The molecule has 0 atom stereocenters. The number of hydrogen-bond acceptors (Lipinski definition) is 0. The monoisotopic (exact) mass is 342 g/mol. The molecule has 0 aromatic rings. The molecule has 0 bridgehead atoms. The third kappa shape index (κ3) is 14.7. The van der Waals surface area contributed by atoms with Gasteiger partial charge >= 0.3 is 26.2 Å². The summed E-state index contributed by atoms with van der Waals surface area (Å²) in [5.74, 6) is 0. The average molecular weight is 344 g/mol. The van der Waals surface area contributed by atoms with Gasteiger partial charge in [0, 0.05) is 0 Å². The van der Waals surface area contributed by atoms with Crippen LogP contribution in [0, 0.1) is 18.6 Å². The molecule has 18 heavy (non-hydrogen) atoms. The fraction of sp³-hybridized carbons (Fsp3) is 0.688. The quantitative estimate of drug-likeness (QED) is 0.592. The van der Waals surface area contributed by atoms with Gasteiger partial charge in [0.2, 0.25) is 0 Å². The first-order chi connectivity index (χ1) is 8.00. The predicted molar refractivity (Wildman–Crippen MR) is 70.7 cm³/mol. The first-order valence-electron chi connectivity index (χ1n) is 6.92. The van der Waals surface area contributed by atoms with E-state index in [9.17, 15) is 0 Å². The van der Waals surface area contributed by atoms with E-state index >= 15 is 0 Å². The SMILES string of the molecule is [C-]1=CCCC1.[C-]1=CCCC1.[CH-]1CCCCC1.[Cl-].[Zr+4]. The number of halogens is 1. The zero-order chi connectivity index (χ0) is 11.3. The van der Waals surface area contributed by atoms with E-state index in [0.717, 1.165) is 0 Å². The van der Waals surface area contributed by atoms with Gasteiger partial charge in [-0.25, -0.2) is 0 Å². The smallest absolute Gasteiger partial charge is 1.00 e. The zero-order valence-corrected chi connectivity index (χ0v) is 14.6. The molecule has 1 fully saturated rings. The van der Waals surface area contributed by atoms with Crippen molar-refractivity contribution in [2.24, 2.45) is 0 Å². The maximum Gasteiger partial charge on any atom is 4.00 e. The third-order valence-corrected chi connectivity index (χ3v) is 2.94. The molecule has 0 spiro atoms. The van der Waals surface area contributed by atoms with Crippen LogP contribution < -0.4 is 12.4 Å². The van der Waals surface area contributed by atoms with Gasteiger partial charge in [0.05, 0.1) is 0 Å². The van der Waals surface area contributed by atoms with Crippen molar-refractivity contribution in [3.8, 4) is 0 Å². The van der Waals surface area contributed by atoms with Gasteiger partial charge in [-0.2, -0.15) is 25.7 Å². The Morgan fingerprint density at radius 1 is 0.722 bits per heavy atom. The van der Waals surface area contributed by atoms with Crippen molar-refractivity contribution >= 4 is 0 Å². The Bertz CT molecular complexity index is 156. The first kappa shape index (κ1) is 21.0. The normalized spacial score (nSPS) is 19.6. The van der Waals surface area contributed by atoms with Gasteiger partial charge in [0.25, 0.3) is 0 Å². The number of allylic oxidation sites excluding steroid dienone is 4. The van der Waals surface area contributed by atoms with Crippen LogP contribution in [0.4, 0.5) is 0 Å². The van der Waals surface area contributed by atoms with Crippen molar-refractivity contribution < 1.29 is 38.6 Å². The molecule has 0 amide bonds. The van der Waals surface area contributed by atoms with Crippen LogP contribution in [0.1, 0.15) is 70.6 Å². The molecule has 0 saturated heterocycles. The maximum atomic E-state index is 3.10. The molecule has 1 saturated carbocycles. The Hall–Kier alpha value is 0.653. The van der Waals surface area contributed by atoms with Crippen molar-refractivity contribution in [3.05, 3.63) is 30.7 Å². The van der Waals surface area contributed by atoms with Crippen LogP contribution in [0.2, 0.25) is 0 Å². The standard InChI is InChI=1S/C6H11.2C5H7.ClH.Zr/c1-2-4-6-5-3-1;2*1-2-4-5-3-1;;/h1H,2-6H2;2*1H,2,4-5H2;1H;/q3*-1;;+4/p-1. The second kappa shape index (κ2) is 17.7. The molecule has 3 rings (SSSR count). The fourth-order valence-corrected chi connectivity index (χ4v) is 1.92. The summed E-state index contributed by atoms with van der Waals surface area (Å²) >= 11 is 0. The summed E-state index contributed by atoms with van der Waals surface area (Å²) in [5.41, 5.74) is 0. The first-order valence-corrected chi connectivity index (χ1v) is 6.92. The summed E-state index contributed by atoms with van der Waals surface area (Å²) in [7, 11) is 0. The average Bonchev–Trinajstić information content (AvgIpc) is 3.10. The summed E-state index contributed by atoms with van der Waals surface area (Å²) in [4.78, 5) is 0. The van der Waals surface area contributed by atoms with Crippen LogP contribution in [0.3, 0.4) is 0 Å². The predicted octanol–water partition coefficient (Wildman–Crippen LogP) is 2.22. The van der Waals surface area contributed by atoms with Gasteiger partial charge in [-0.1, -0.05) is 44.9 Å². The molecule has 0 unspecified atom stereocenters. The molecule has 3 aliphatic carbocycles. The van der Waals surface area contributed by atoms with E-state index in [4.69, 9.17) is 0 Å². The Labute approximate surface area is 139 Å². The molecule has 0 aromatic carbocycles. The van der Waals surface area contributed by atoms with E-state index < -0.39 is 0 Å². The van der Waals surface area contributed by atoms with Crippen LogP contribution in [0.5, 0.6) is 0 Å². The number of hydrogen-bond donors (Lipinski definition) is 0. The van der Waals surface area contributed by atoms with Crippen LogP contribution >= 0.6 is 0 Å². The van der Waals surface area contributed by atoms with Gasteiger partial charge < -0.3 is 31.0 Å². The van der Waals surface area contributed by atoms with E-state index in [0.29, 0.717) is 0 Å². The minimum Gasteiger partial charge on any atom is -1.00 e. The fourth-order valence-electron chi connectivity index (χ4n) is 1.92.